The Morgan fingerprint density at radius 3 is 2.36 bits per heavy atom. The predicted octanol–water partition coefficient (Wildman–Crippen LogP) is 5.62. The van der Waals surface area contributed by atoms with Crippen LogP contribution in [0.15, 0.2) is 73.2 Å². The molecule has 1 aliphatic carbocycles. The lowest BCUT2D eigenvalue weighted by Gasteiger charge is -2.29. The number of benzene rings is 2. The Morgan fingerprint density at radius 1 is 0.939 bits per heavy atom. The highest BCUT2D eigenvalue weighted by Crippen LogP contribution is 2.44. The highest BCUT2D eigenvalue weighted by atomic mass is 31.2. The number of imidazole rings is 1. The van der Waals surface area contributed by atoms with Crippen molar-refractivity contribution >= 4 is 30.1 Å². The van der Waals surface area contributed by atoms with Crippen LogP contribution in [-0.4, -0.2) is 30.5 Å². The highest BCUT2D eigenvalue weighted by Gasteiger charge is 2.27. The van der Waals surface area contributed by atoms with E-state index in [-0.39, 0.29) is 12.1 Å². The van der Waals surface area contributed by atoms with Gasteiger partial charge in [0, 0.05) is 17.6 Å². The normalized spacial score (nSPS) is 19.0. The first-order valence-corrected chi connectivity index (χ1v) is 13.0. The Bertz CT molecular complexity index is 1280. The van der Waals surface area contributed by atoms with Crippen molar-refractivity contribution in [2.75, 3.05) is 11.5 Å². The fourth-order valence-electron chi connectivity index (χ4n) is 4.81. The Morgan fingerprint density at radius 2 is 1.67 bits per heavy atom. The Kier molecular flexibility index (Phi) is 6.02. The zero-order valence-corrected chi connectivity index (χ0v) is 19.1. The minimum atomic E-state index is -3.92. The number of nitrogens with one attached hydrogen (secondary N) is 1. The number of fused-ring (bicyclic) bond motifs is 1. The van der Waals surface area contributed by atoms with Crippen LogP contribution in [0.4, 0.5) is 11.4 Å². The van der Waals surface area contributed by atoms with E-state index in [9.17, 15) is 14.4 Å². The van der Waals surface area contributed by atoms with E-state index >= 15 is 0 Å². The molecule has 2 aromatic carbocycles. The maximum absolute atomic E-state index is 11.3. The molecular formula is C25H27N4O3P. The zero-order valence-electron chi connectivity index (χ0n) is 18.2. The molecule has 0 atom stereocenters. The van der Waals surface area contributed by atoms with Crippen LogP contribution in [0.3, 0.4) is 0 Å². The summed E-state index contributed by atoms with van der Waals surface area (Å²) in [5.74, 6) is 0.565. The third-order valence-electron chi connectivity index (χ3n) is 6.47. The molecule has 1 saturated carbocycles. The Balaban J connectivity index is 1.32. The maximum Gasteiger partial charge on any atom is 0.325 e. The second kappa shape index (κ2) is 9.10. The SMILES string of the molecule is O=P(O)(O)C[C@H]1CC[C@H](c2ccc(-n3cnc4c(Nc5ccccc5)ccnc43)cc2)CC1. The standard InChI is InChI=1S/C25H27N4O3P/c30-33(31,32)16-18-6-8-19(9-7-18)20-10-12-22(13-11-20)29-17-27-24-23(14-15-26-25(24)29)28-21-4-2-1-3-5-21/h1-5,10-15,17-19H,6-9,16H2,(H,26,28)(H2,30,31,32)/t18-,19-. The van der Waals surface area contributed by atoms with Gasteiger partial charge < -0.3 is 15.1 Å². The van der Waals surface area contributed by atoms with Gasteiger partial charge in [0.05, 0.1) is 11.8 Å². The van der Waals surface area contributed by atoms with E-state index in [1.165, 1.54) is 5.56 Å². The molecule has 0 spiro atoms. The first kappa shape index (κ1) is 21.8. The molecule has 3 N–H and O–H groups in total. The fourth-order valence-corrected chi connectivity index (χ4v) is 5.84. The van der Waals surface area contributed by atoms with E-state index in [1.807, 2.05) is 41.0 Å². The third-order valence-corrected chi connectivity index (χ3v) is 7.47. The average molecular weight is 462 g/mol. The van der Waals surface area contributed by atoms with E-state index in [2.05, 4.69) is 39.6 Å². The molecule has 0 amide bonds. The molecule has 2 aromatic heterocycles. The minimum absolute atomic E-state index is 0.0144. The molecule has 5 rings (SSSR count). The lowest BCUT2D eigenvalue weighted by Crippen LogP contribution is -2.16. The van der Waals surface area contributed by atoms with Crippen molar-refractivity contribution in [2.24, 2.45) is 5.92 Å². The molecule has 2 heterocycles. The van der Waals surface area contributed by atoms with E-state index in [0.717, 1.165) is 53.9 Å². The maximum atomic E-state index is 11.3. The van der Waals surface area contributed by atoms with E-state index in [0.29, 0.717) is 5.92 Å². The van der Waals surface area contributed by atoms with Crippen molar-refractivity contribution in [3.63, 3.8) is 0 Å². The largest absolute Gasteiger partial charge is 0.354 e. The van der Waals surface area contributed by atoms with Gasteiger partial charge in [0.15, 0.2) is 5.65 Å². The molecule has 8 heteroatoms. The van der Waals surface area contributed by atoms with Gasteiger partial charge in [0.25, 0.3) is 0 Å². The summed E-state index contributed by atoms with van der Waals surface area (Å²) in [5, 5.41) is 3.42. The fraction of sp³-hybridized carbons (Fsp3) is 0.280. The molecular weight excluding hydrogens is 435 g/mol. The average Bonchev–Trinajstić information content (AvgIpc) is 3.25. The highest BCUT2D eigenvalue weighted by molar-refractivity contribution is 7.51. The quantitative estimate of drug-likeness (QED) is 0.322. The number of hydrogen-bond donors (Lipinski definition) is 3. The van der Waals surface area contributed by atoms with Crippen LogP contribution in [0.5, 0.6) is 0 Å². The van der Waals surface area contributed by atoms with Crippen LogP contribution >= 0.6 is 7.60 Å². The van der Waals surface area contributed by atoms with Crippen molar-refractivity contribution in [3.05, 3.63) is 78.8 Å². The van der Waals surface area contributed by atoms with Crippen LogP contribution in [0.25, 0.3) is 16.9 Å². The summed E-state index contributed by atoms with van der Waals surface area (Å²) >= 11 is 0. The summed E-state index contributed by atoms with van der Waals surface area (Å²) in [6.07, 6.45) is 7.27. The molecule has 0 bridgehead atoms. The third kappa shape index (κ3) is 5.01. The zero-order chi connectivity index (χ0) is 22.8. The monoisotopic (exact) mass is 462 g/mol. The molecule has 0 radical (unpaired) electrons. The predicted molar refractivity (Wildman–Crippen MR) is 130 cm³/mol. The minimum Gasteiger partial charge on any atom is -0.354 e. The molecule has 170 valence electrons. The second-order valence-electron chi connectivity index (χ2n) is 8.79. The summed E-state index contributed by atoms with van der Waals surface area (Å²) < 4.78 is 13.3. The lowest BCUT2D eigenvalue weighted by atomic mass is 9.79. The number of nitrogens with zero attached hydrogens (tertiary/aromatic N) is 3. The van der Waals surface area contributed by atoms with Crippen molar-refractivity contribution in [3.8, 4) is 5.69 Å². The van der Waals surface area contributed by atoms with Gasteiger partial charge in [-0.05, 0) is 73.4 Å². The van der Waals surface area contributed by atoms with E-state index in [4.69, 9.17) is 0 Å². The number of aromatic nitrogens is 3. The topological polar surface area (TPSA) is 100 Å². The number of anilines is 2. The summed E-state index contributed by atoms with van der Waals surface area (Å²) in [7, 11) is -3.92. The molecule has 1 fully saturated rings. The number of pyridine rings is 1. The van der Waals surface area contributed by atoms with Gasteiger partial charge >= 0.3 is 7.60 Å². The van der Waals surface area contributed by atoms with Crippen LogP contribution in [-0.2, 0) is 4.57 Å². The van der Waals surface area contributed by atoms with Gasteiger partial charge in [-0.15, -0.1) is 0 Å². The summed E-state index contributed by atoms with van der Waals surface area (Å²) in [4.78, 5) is 27.7. The second-order valence-corrected chi connectivity index (χ2v) is 10.5. The van der Waals surface area contributed by atoms with Crippen molar-refractivity contribution in [1.29, 1.82) is 0 Å². The van der Waals surface area contributed by atoms with Crippen molar-refractivity contribution in [2.45, 2.75) is 31.6 Å². The van der Waals surface area contributed by atoms with Gasteiger partial charge in [0.2, 0.25) is 0 Å². The molecule has 7 nitrogen and oxygen atoms in total. The molecule has 4 aromatic rings. The molecule has 1 aliphatic rings. The van der Waals surface area contributed by atoms with Gasteiger partial charge in [-0.1, -0.05) is 30.3 Å². The summed E-state index contributed by atoms with van der Waals surface area (Å²) in [5.41, 5.74) is 5.79. The van der Waals surface area contributed by atoms with Gasteiger partial charge in [-0.25, -0.2) is 9.97 Å². The van der Waals surface area contributed by atoms with Crippen LogP contribution in [0.1, 0.15) is 37.2 Å². The molecule has 0 unspecified atom stereocenters. The Labute approximate surface area is 192 Å². The van der Waals surface area contributed by atoms with E-state index in [1.54, 1.807) is 12.5 Å². The van der Waals surface area contributed by atoms with E-state index < -0.39 is 7.60 Å². The lowest BCUT2D eigenvalue weighted by molar-refractivity contribution is 0.316. The van der Waals surface area contributed by atoms with Gasteiger partial charge in [0.1, 0.15) is 11.8 Å². The van der Waals surface area contributed by atoms with Crippen LogP contribution in [0.2, 0.25) is 0 Å². The molecule has 0 saturated heterocycles. The molecule has 33 heavy (non-hydrogen) atoms. The summed E-state index contributed by atoms with van der Waals surface area (Å²) in [6.45, 7) is 0. The van der Waals surface area contributed by atoms with Gasteiger partial charge in [-0.2, -0.15) is 0 Å². The van der Waals surface area contributed by atoms with Crippen LogP contribution < -0.4 is 5.32 Å². The first-order valence-electron chi connectivity index (χ1n) is 11.3. The van der Waals surface area contributed by atoms with Crippen molar-refractivity contribution < 1.29 is 14.4 Å². The number of hydrogen-bond acceptors (Lipinski definition) is 4. The number of rotatable bonds is 6. The smallest absolute Gasteiger partial charge is 0.325 e. The van der Waals surface area contributed by atoms with Crippen LogP contribution in [0, 0.1) is 5.92 Å². The Hall–Kier alpha value is -2.99. The van der Waals surface area contributed by atoms with Crippen molar-refractivity contribution in [1.82, 2.24) is 14.5 Å². The first-order chi connectivity index (χ1) is 16.0. The summed E-state index contributed by atoms with van der Waals surface area (Å²) in [6, 6.07) is 20.4. The van der Waals surface area contributed by atoms with Gasteiger partial charge in [-0.3, -0.25) is 9.13 Å². The molecule has 0 aliphatic heterocycles. The number of para-hydroxylation sites is 1.